The standard InChI is InChI=1S/C16H14F3N3/c17-16(18,19)12-7-8-20-15(21-12)22-14-11-6-5-9-3-1-2-4-10(9)13(11)14/h1-4,7-8,11,13-14H,5-6H2,(H,20,21,22). The van der Waals surface area contributed by atoms with Gasteiger partial charge in [-0.25, -0.2) is 9.97 Å². The zero-order valence-corrected chi connectivity index (χ0v) is 11.6. The molecule has 1 N–H and O–H groups in total. The molecule has 1 fully saturated rings. The minimum absolute atomic E-state index is 0.0618. The van der Waals surface area contributed by atoms with Crippen LogP contribution in [0.2, 0.25) is 0 Å². The molecule has 2 aliphatic carbocycles. The van der Waals surface area contributed by atoms with Crippen LogP contribution >= 0.6 is 0 Å². The number of aryl methyl sites for hydroxylation is 1. The molecule has 3 nitrogen and oxygen atoms in total. The van der Waals surface area contributed by atoms with Crippen molar-refractivity contribution in [3.8, 4) is 0 Å². The summed E-state index contributed by atoms with van der Waals surface area (Å²) in [4.78, 5) is 7.52. The van der Waals surface area contributed by atoms with Crippen LogP contribution in [0.25, 0.3) is 0 Å². The van der Waals surface area contributed by atoms with E-state index in [0.29, 0.717) is 11.8 Å². The molecule has 2 aromatic rings. The van der Waals surface area contributed by atoms with Crippen molar-refractivity contribution in [3.63, 3.8) is 0 Å². The van der Waals surface area contributed by atoms with Gasteiger partial charge in [-0.05, 0) is 36.0 Å². The number of fused-ring (bicyclic) bond motifs is 3. The number of hydrogen-bond acceptors (Lipinski definition) is 3. The van der Waals surface area contributed by atoms with Crippen LogP contribution in [-0.4, -0.2) is 16.0 Å². The van der Waals surface area contributed by atoms with Gasteiger partial charge in [0.15, 0.2) is 0 Å². The second-order valence-electron chi connectivity index (χ2n) is 5.86. The van der Waals surface area contributed by atoms with Crippen LogP contribution in [0.5, 0.6) is 0 Å². The topological polar surface area (TPSA) is 37.8 Å². The third-order valence-electron chi connectivity index (χ3n) is 4.57. The van der Waals surface area contributed by atoms with Gasteiger partial charge in [-0.3, -0.25) is 0 Å². The Morgan fingerprint density at radius 3 is 2.77 bits per heavy atom. The van der Waals surface area contributed by atoms with Crippen molar-refractivity contribution in [1.29, 1.82) is 0 Å². The average Bonchev–Trinajstić information content (AvgIpc) is 3.20. The minimum Gasteiger partial charge on any atom is -0.351 e. The lowest BCUT2D eigenvalue weighted by atomic mass is 9.92. The van der Waals surface area contributed by atoms with Crippen molar-refractivity contribution in [1.82, 2.24) is 9.97 Å². The summed E-state index contributed by atoms with van der Waals surface area (Å²) in [6.45, 7) is 0. The van der Waals surface area contributed by atoms with Gasteiger partial charge in [0.25, 0.3) is 0 Å². The summed E-state index contributed by atoms with van der Waals surface area (Å²) >= 11 is 0. The van der Waals surface area contributed by atoms with Crippen molar-refractivity contribution in [3.05, 3.63) is 53.3 Å². The van der Waals surface area contributed by atoms with Gasteiger partial charge in [-0.2, -0.15) is 13.2 Å². The Morgan fingerprint density at radius 2 is 1.95 bits per heavy atom. The van der Waals surface area contributed by atoms with E-state index in [1.165, 1.54) is 11.1 Å². The van der Waals surface area contributed by atoms with E-state index in [0.717, 1.165) is 25.1 Å². The predicted molar refractivity (Wildman–Crippen MR) is 75.4 cm³/mol. The highest BCUT2D eigenvalue weighted by Gasteiger charge is 2.53. The number of rotatable bonds is 2. The van der Waals surface area contributed by atoms with E-state index in [1.54, 1.807) is 0 Å². The van der Waals surface area contributed by atoms with Gasteiger partial charge in [0.2, 0.25) is 5.95 Å². The van der Waals surface area contributed by atoms with Crippen LogP contribution in [0.1, 0.15) is 29.2 Å². The monoisotopic (exact) mass is 305 g/mol. The van der Waals surface area contributed by atoms with Gasteiger partial charge in [-0.1, -0.05) is 24.3 Å². The van der Waals surface area contributed by atoms with Crippen LogP contribution in [-0.2, 0) is 12.6 Å². The Labute approximate surface area is 125 Å². The summed E-state index contributed by atoms with van der Waals surface area (Å²) < 4.78 is 38.1. The number of aromatic nitrogens is 2. The van der Waals surface area contributed by atoms with Crippen molar-refractivity contribution in [2.75, 3.05) is 5.32 Å². The molecule has 1 aromatic carbocycles. The lowest BCUT2D eigenvalue weighted by molar-refractivity contribution is -0.141. The summed E-state index contributed by atoms with van der Waals surface area (Å²) in [5.41, 5.74) is 1.75. The van der Waals surface area contributed by atoms with Crippen molar-refractivity contribution in [2.24, 2.45) is 5.92 Å². The summed E-state index contributed by atoms with van der Waals surface area (Å²) in [6, 6.07) is 9.30. The minimum atomic E-state index is -4.44. The Morgan fingerprint density at radius 1 is 1.14 bits per heavy atom. The van der Waals surface area contributed by atoms with Gasteiger partial charge in [-0.15, -0.1) is 0 Å². The highest BCUT2D eigenvalue weighted by Crippen LogP contribution is 2.55. The van der Waals surface area contributed by atoms with Crippen LogP contribution in [0.4, 0.5) is 19.1 Å². The highest BCUT2D eigenvalue weighted by molar-refractivity contribution is 5.45. The number of nitrogens with one attached hydrogen (secondary N) is 1. The molecular formula is C16H14F3N3. The second kappa shape index (κ2) is 4.69. The second-order valence-corrected chi connectivity index (χ2v) is 5.86. The molecule has 22 heavy (non-hydrogen) atoms. The number of hydrogen-bond donors (Lipinski definition) is 1. The van der Waals surface area contributed by atoms with Crippen molar-refractivity contribution < 1.29 is 13.2 Å². The third kappa shape index (κ3) is 2.23. The highest BCUT2D eigenvalue weighted by atomic mass is 19.4. The van der Waals surface area contributed by atoms with Crippen molar-refractivity contribution in [2.45, 2.75) is 31.0 Å². The maximum absolute atomic E-state index is 12.7. The van der Waals surface area contributed by atoms with Crippen LogP contribution in [0.3, 0.4) is 0 Å². The molecule has 6 heteroatoms. The maximum Gasteiger partial charge on any atom is 0.433 e. The fraction of sp³-hybridized carbons (Fsp3) is 0.375. The van der Waals surface area contributed by atoms with E-state index in [4.69, 9.17) is 0 Å². The molecule has 2 aliphatic rings. The molecule has 1 aromatic heterocycles. The van der Waals surface area contributed by atoms with E-state index < -0.39 is 11.9 Å². The number of nitrogens with zero attached hydrogens (tertiary/aromatic N) is 2. The first kappa shape index (κ1) is 13.5. The molecular weight excluding hydrogens is 291 g/mol. The van der Waals surface area contributed by atoms with Gasteiger partial charge in [0, 0.05) is 18.2 Å². The lowest BCUT2D eigenvalue weighted by Gasteiger charge is -2.13. The molecule has 3 unspecified atom stereocenters. The molecule has 3 atom stereocenters. The Hall–Kier alpha value is -2.11. The van der Waals surface area contributed by atoms with Crippen molar-refractivity contribution >= 4 is 5.95 Å². The average molecular weight is 305 g/mol. The summed E-state index contributed by atoms with van der Waals surface area (Å²) in [7, 11) is 0. The number of alkyl halides is 3. The molecule has 0 aliphatic heterocycles. The van der Waals surface area contributed by atoms with E-state index in [-0.39, 0.29) is 12.0 Å². The van der Waals surface area contributed by atoms with Crippen LogP contribution in [0.15, 0.2) is 36.5 Å². The Bertz CT molecular complexity index is 714. The lowest BCUT2D eigenvalue weighted by Crippen LogP contribution is -2.13. The van der Waals surface area contributed by atoms with Crippen LogP contribution in [0, 0.1) is 5.92 Å². The molecule has 0 spiro atoms. The van der Waals surface area contributed by atoms with Gasteiger partial charge in [0.1, 0.15) is 5.69 Å². The zero-order valence-electron chi connectivity index (χ0n) is 11.6. The van der Waals surface area contributed by atoms with Gasteiger partial charge < -0.3 is 5.32 Å². The molecule has 0 amide bonds. The summed E-state index contributed by atoms with van der Waals surface area (Å²) in [6.07, 6.45) is -1.21. The molecule has 114 valence electrons. The van der Waals surface area contributed by atoms with Crippen LogP contribution < -0.4 is 5.32 Å². The first-order valence-corrected chi connectivity index (χ1v) is 7.28. The fourth-order valence-electron chi connectivity index (χ4n) is 3.50. The smallest absolute Gasteiger partial charge is 0.351 e. The first-order chi connectivity index (χ1) is 10.5. The number of anilines is 1. The predicted octanol–water partition coefficient (Wildman–Crippen LogP) is 3.64. The Balaban J connectivity index is 1.55. The normalized spacial score (nSPS) is 26.0. The van der Waals surface area contributed by atoms with E-state index in [2.05, 4.69) is 27.4 Å². The quantitative estimate of drug-likeness (QED) is 0.920. The van der Waals surface area contributed by atoms with E-state index >= 15 is 0 Å². The van der Waals surface area contributed by atoms with E-state index in [9.17, 15) is 13.2 Å². The van der Waals surface area contributed by atoms with Gasteiger partial charge in [0.05, 0.1) is 0 Å². The Kier molecular flexibility index (Phi) is 2.89. The largest absolute Gasteiger partial charge is 0.433 e. The molecule has 4 rings (SSSR count). The number of benzene rings is 1. The molecule has 1 heterocycles. The molecule has 0 saturated heterocycles. The molecule has 1 saturated carbocycles. The zero-order chi connectivity index (χ0) is 15.3. The molecule has 0 radical (unpaired) electrons. The first-order valence-electron chi connectivity index (χ1n) is 7.28. The number of halogens is 3. The third-order valence-corrected chi connectivity index (χ3v) is 4.57. The summed E-state index contributed by atoms with van der Waals surface area (Å²) in [5, 5.41) is 3.09. The molecule has 0 bridgehead atoms. The fourth-order valence-corrected chi connectivity index (χ4v) is 3.50. The maximum atomic E-state index is 12.7. The SMILES string of the molecule is FC(F)(F)c1ccnc(NC2C3CCc4ccccc4C32)n1. The van der Waals surface area contributed by atoms with Gasteiger partial charge >= 0.3 is 6.18 Å². The summed E-state index contributed by atoms with van der Waals surface area (Å²) in [5.74, 6) is 0.892. The van der Waals surface area contributed by atoms with E-state index in [1.807, 2.05) is 12.1 Å².